The molecule has 0 amide bonds. The van der Waals surface area contributed by atoms with Crippen LogP contribution in [0.2, 0.25) is 5.02 Å². The fourth-order valence-corrected chi connectivity index (χ4v) is 3.13. The molecule has 3 aromatic rings. The smallest absolute Gasteiger partial charge is 0.240 e. The van der Waals surface area contributed by atoms with Crippen molar-refractivity contribution in [2.45, 2.75) is 13.8 Å². The standard InChI is InChI=1S/C14H14ClN5S/c1-7-6-9-12(18-14(20-16)19-13(9)21-7)17-11-5-3-4-10(15)8(11)2/h3-6H,16H2,1-2H3,(H2,17,18,19,20). The normalized spacial score (nSPS) is 10.9. The van der Waals surface area contributed by atoms with Gasteiger partial charge in [0, 0.05) is 15.6 Å². The number of thiophene rings is 1. The van der Waals surface area contributed by atoms with Gasteiger partial charge in [0.2, 0.25) is 5.95 Å². The van der Waals surface area contributed by atoms with Crippen LogP contribution >= 0.6 is 22.9 Å². The zero-order valence-corrected chi connectivity index (χ0v) is 13.1. The minimum atomic E-state index is 0.381. The highest BCUT2D eigenvalue weighted by atomic mass is 35.5. The van der Waals surface area contributed by atoms with E-state index < -0.39 is 0 Å². The van der Waals surface area contributed by atoms with E-state index in [-0.39, 0.29) is 0 Å². The second-order valence-electron chi connectivity index (χ2n) is 4.65. The van der Waals surface area contributed by atoms with Gasteiger partial charge in [-0.2, -0.15) is 4.98 Å². The number of aryl methyl sites for hydroxylation is 1. The van der Waals surface area contributed by atoms with Gasteiger partial charge in [-0.05, 0) is 37.6 Å². The molecule has 0 aliphatic carbocycles. The van der Waals surface area contributed by atoms with Crippen LogP contribution in [0, 0.1) is 13.8 Å². The van der Waals surface area contributed by atoms with Crippen molar-refractivity contribution in [2.75, 3.05) is 10.7 Å². The number of anilines is 3. The van der Waals surface area contributed by atoms with E-state index in [1.54, 1.807) is 11.3 Å². The Morgan fingerprint density at radius 2 is 2.05 bits per heavy atom. The topological polar surface area (TPSA) is 75.9 Å². The Morgan fingerprint density at radius 3 is 2.81 bits per heavy atom. The third kappa shape index (κ3) is 2.65. The quantitative estimate of drug-likeness (QED) is 0.502. The summed E-state index contributed by atoms with van der Waals surface area (Å²) in [5.41, 5.74) is 4.38. The first-order valence-corrected chi connectivity index (χ1v) is 7.55. The Bertz CT molecular complexity index is 814. The molecule has 2 heterocycles. The number of aromatic nitrogens is 2. The monoisotopic (exact) mass is 319 g/mol. The highest BCUT2D eigenvalue weighted by Gasteiger charge is 2.12. The number of halogens is 1. The van der Waals surface area contributed by atoms with E-state index in [2.05, 4.69) is 26.8 Å². The SMILES string of the molecule is Cc1cc2c(Nc3cccc(Cl)c3C)nc(NN)nc2s1. The lowest BCUT2D eigenvalue weighted by Gasteiger charge is -2.11. The molecule has 0 bridgehead atoms. The molecular weight excluding hydrogens is 306 g/mol. The molecule has 1 aromatic carbocycles. The molecule has 0 unspecified atom stereocenters. The largest absolute Gasteiger partial charge is 0.339 e. The maximum absolute atomic E-state index is 6.16. The summed E-state index contributed by atoms with van der Waals surface area (Å²) in [6.07, 6.45) is 0. The van der Waals surface area contributed by atoms with Crippen LogP contribution in [0.1, 0.15) is 10.4 Å². The predicted molar refractivity (Wildman–Crippen MR) is 89.4 cm³/mol. The number of rotatable bonds is 3. The number of nitrogens with one attached hydrogen (secondary N) is 2. The minimum absolute atomic E-state index is 0.381. The number of hydrazine groups is 1. The molecule has 7 heteroatoms. The van der Waals surface area contributed by atoms with E-state index in [0.717, 1.165) is 21.5 Å². The molecule has 0 spiro atoms. The van der Waals surface area contributed by atoms with Crippen molar-refractivity contribution in [2.24, 2.45) is 5.84 Å². The Morgan fingerprint density at radius 1 is 1.24 bits per heavy atom. The summed E-state index contributed by atoms with van der Waals surface area (Å²) in [4.78, 5) is 10.8. The van der Waals surface area contributed by atoms with Gasteiger partial charge in [0.15, 0.2) is 0 Å². The second kappa shape index (κ2) is 5.48. The van der Waals surface area contributed by atoms with Crippen LogP contribution in [0.25, 0.3) is 10.2 Å². The molecule has 0 aliphatic heterocycles. The van der Waals surface area contributed by atoms with Gasteiger partial charge < -0.3 is 5.32 Å². The highest BCUT2D eigenvalue weighted by Crippen LogP contribution is 2.33. The van der Waals surface area contributed by atoms with E-state index in [0.29, 0.717) is 16.8 Å². The molecular formula is C14H14ClN5S. The van der Waals surface area contributed by atoms with E-state index in [1.807, 2.05) is 32.0 Å². The zero-order chi connectivity index (χ0) is 15.0. The van der Waals surface area contributed by atoms with Crippen LogP contribution in [0.4, 0.5) is 17.5 Å². The van der Waals surface area contributed by atoms with Crippen LogP contribution in [-0.2, 0) is 0 Å². The van der Waals surface area contributed by atoms with Crippen molar-refractivity contribution in [1.29, 1.82) is 0 Å². The summed E-state index contributed by atoms with van der Waals surface area (Å²) >= 11 is 7.76. The zero-order valence-electron chi connectivity index (χ0n) is 11.6. The Kier molecular flexibility index (Phi) is 3.67. The van der Waals surface area contributed by atoms with E-state index >= 15 is 0 Å². The van der Waals surface area contributed by atoms with Crippen LogP contribution < -0.4 is 16.6 Å². The summed E-state index contributed by atoms with van der Waals surface area (Å²) in [5.74, 6) is 6.54. The third-order valence-electron chi connectivity index (χ3n) is 3.17. The fraction of sp³-hybridized carbons (Fsp3) is 0.143. The predicted octanol–water partition coefficient (Wildman–Crippen LogP) is 3.99. The molecule has 4 N–H and O–H groups in total. The first-order valence-electron chi connectivity index (χ1n) is 6.35. The van der Waals surface area contributed by atoms with Gasteiger partial charge in [-0.15, -0.1) is 11.3 Å². The minimum Gasteiger partial charge on any atom is -0.339 e. The van der Waals surface area contributed by atoms with E-state index in [9.17, 15) is 0 Å². The maximum Gasteiger partial charge on any atom is 0.240 e. The van der Waals surface area contributed by atoms with Crippen molar-refractivity contribution in [3.8, 4) is 0 Å². The number of fused-ring (bicyclic) bond motifs is 1. The average Bonchev–Trinajstić information content (AvgIpc) is 2.84. The lowest BCUT2D eigenvalue weighted by molar-refractivity contribution is 1.16. The van der Waals surface area contributed by atoms with Gasteiger partial charge in [0.1, 0.15) is 10.6 Å². The van der Waals surface area contributed by atoms with Crippen LogP contribution in [0.5, 0.6) is 0 Å². The van der Waals surface area contributed by atoms with E-state index in [4.69, 9.17) is 17.4 Å². The summed E-state index contributed by atoms with van der Waals surface area (Å²) in [6, 6.07) is 7.78. The number of hydrogen-bond acceptors (Lipinski definition) is 6. The van der Waals surface area contributed by atoms with Gasteiger partial charge in [0.25, 0.3) is 0 Å². The molecule has 0 aliphatic rings. The Labute approximate surface area is 131 Å². The van der Waals surface area contributed by atoms with E-state index in [1.165, 1.54) is 4.88 Å². The van der Waals surface area contributed by atoms with Gasteiger partial charge >= 0.3 is 0 Å². The molecule has 21 heavy (non-hydrogen) atoms. The average molecular weight is 320 g/mol. The lowest BCUT2D eigenvalue weighted by Crippen LogP contribution is -2.11. The Balaban J connectivity index is 2.12. The molecule has 0 saturated heterocycles. The van der Waals surface area contributed by atoms with Crippen molar-refractivity contribution in [1.82, 2.24) is 9.97 Å². The number of benzene rings is 1. The summed E-state index contributed by atoms with van der Waals surface area (Å²) in [6.45, 7) is 4.00. The van der Waals surface area contributed by atoms with Crippen molar-refractivity contribution < 1.29 is 0 Å². The molecule has 2 aromatic heterocycles. The van der Waals surface area contributed by atoms with Crippen molar-refractivity contribution in [3.63, 3.8) is 0 Å². The summed E-state index contributed by atoms with van der Waals surface area (Å²) in [7, 11) is 0. The molecule has 3 rings (SSSR count). The molecule has 0 saturated carbocycles. The second-order valence-corrected chi connectivity index (χ2v) is 6.30. The molecule has 0 radical (unpaired) electrons. The summed E-state index contributed by atoms with van der Waals surface area (Å²) < 4.78 is 0. The molecule has 0 atom stereocenters. The van der Waals surface area contributed by atoms with Crippen LogP contribution in [0.3, 0.4) is 0 Å². The highest BCUT2D eigenvalue weighted by molar-refractivity contribution is 7.18. The molecule has 0 fully saturated rings. The van der Waals surface area contributed by atoms with Crippen molar-refractivity contribution in [3.05, 3.63) is 39.7 Å². The van der Waals surface area contributed by atoms with Gasteiger partial charge in [-0.3, -0.25) is 5.43 Å². The van der Waals surface area contributed by atoms with Crippen LogP contribution in [0.15, 0.2) is 24.3 Å². The Hall–Kier alpha value is -1.89. The maximum atomic E-state index is 6.16. The van der Waals surface area contributed by atoms with Crippen LogP contribution in [-0.4, -0.2) is 9.97 Å². The lowest BCUT2D eigenvalue weighted by atomic mass is 10.2. The number of nitrogens with two attached hydrogens (primary N) is 1. The fourth-order valence-electron chi connectivity index (χ4n) is 2.07. The van der Waals surface area contributed by atoms with Gasteiger partial charge in [-0.1, -0.05) is 17.7 Å². The molecule has 108 valence electrons. The first kappa shape index (κ1) is 14.1. The van der Waals surface area contributed by atoms with Crippen molar-refractivity contribution >= 4 is 50.6 Å². The van der Waals surface area contributed by atoms with Gasteiger partial charge in [0.05, 0.1) is 5.39 Å². The number of hydrogen-bond donors (Lipinski definition) is 3. The summed E-state index contributed by atoms with van der Waals surface area (Å²) in [5, 5.41) is 5.00. The number of nitrogens with zero attached hydrogens (tertiary/aromatic N) is 2. The molecule has 5 nitrogen and oxygen atoms in total. The first-order chi connectivity index (χ1) is 10.1. The number of nitrogen functional groups attached to an aromatic ring is 1. The third-order valence-corrected chi connectivity index (χ3v) is 4.52. The van der Waals surface area contributed by atoms with Gasteiger partial charge in [-0.25, -0.2) is 10.8 Å².